The van der Waals surface area contributed by atoms with Crippen LogP contribution in [0.2, 0.25) is 0 Å². The summed E-state index contributed by atoms with van der Waals surface area (Å²) < 4.78 is 5.90. The van der Waals surface area contributed by atoms with E-state index in [1.807, 2.05) is 65.6 Å². The number of nitrogens with one attached hydrogen (secondary N) is 1. The predicted octanol–water partition coefficient (Wildman–Crippen LogP) is 5.65. The van der Waals surface area contributed by atoms with Crippen molar-refractivity contribution in [3.8, 4) is 17.0 Å². The van der Waals surface area contributed by atoms with E-state index in [2.05, 4.69) is 41.4 Å². The number of aromatic nitrogens is 2. The van der Waals surface area contributed by atoms with Gasteiger partial charge in [0.05, 0.1) is 18.3 Å². The van der Waals surface area contributed by atoms with Gasteiger partial charge in [0.25, 0.3) is 5.91 Å². The van der Waals surface area contributed by atoms with Crippen LogP contribution in [0.5, 0.6) is 5.75 Å². The molecular weight excluding hydrogens is 410 g/mol. The van der Waals surface area contributed by atoms with E-state index in [-0.39, 0.29) is 11.9 Å². The normalized spacial score (nSPS) is 15.0. The van der Waals surface area contributed by atoms with E-state index in [1.165, 1.54) is 5.56 Å². The number of amides is 1. The number of H-pyrrole nitrogens is 1. The minimum absolute atomic E-state index is 0.0134. The Balaban J connectivity index is 1.56. The molecule has 1 aliphatic rings. The maximum atomic E-state index is 13.5. The average Bonchev–Trinajstić information content (AvgIpc) is 3.41. The molecule has 1 aliphatic heterocycles. The Bertz CT molecular complexity index is 1230. The smallest absolute Gasteiger partial charge is 0.273 e. The van der Waals surface area contributed by atoms with Crippen molar-refractivity contribution in [1.29, 1.82) is 0 Å². The van der Waals surface area contributed by atoms with Crippen LogP contribution in [-0.4, -0.2) is 34.2 Å². The molecule has 0 radical (unpaired) electrons. The van der Waals surface area contributed by atoms with Gasteiger partial charge < -0.3 is 9.64 Å². The van der Waals surface area contributed by atoms with E-state index >= 15 is 0 Å². The summed E-state index contributed by atoms with van der Waals surface area (Å²) in [6.45, 7) is 3.37. The molecule has 1 amide bonds. The molecule has 0 spiro atoms. The van der Waals surface area contributed by atoms with Gasteiger partial charge in [0.1, 0.15) is 11.4 Å². The highest BCUT2D eigenvalue weighted by Crippen LogP contribution is 2.43. The summed E-state index contributed by atoms with van der Waals surface area (Å²) in [5.41, 5.74) is 5.57. The molecule has 1 N–H and O–H groups in total. The number of fused-ring (bicyclic) bond motifs is 1. The van der Waals surface area contributed by atoms with Crippen molar-refractivity contribution in [3.63, 3.8) is 0 Å². The van der Waals surface area contributed by atoms with Crippen LogP contribution in [0.1, 0.15) is 46.6 Å². The Morgan fingerprint density at radius 3 is 2.48 bits per heavy atom. The second kappa shape index (κ2) is 9.33. The number of rotatable bonds is 8. The molecule has 4 aromatic rings. The van der Waals surface area contributed by atoms with Crippen molar-refractivity contribution in [1.82, 2.24) is 15.1 Å². The maximum absolute atomic E-state index is 13.5. The zero-order valence-corrected chi connectivity index (χ0v) is 18.7. The largest absolute Gasteiger partial charge is 0.494 e. The van der Waals surface area contributed by atoms with E-state index in [4.69, 9.17) is 4.74 Å². The van der Waals surface area contributed by atoms with Gasteiger partial charge in [0, 0.05) is 17.7 Å². The van der Waals surface area contributed by atoms with Crippen LogP contribution in [0.25, 0.3) is 11.3 Å². The summed E-state index contributed by atoms with van der Waals surface area (Å²) in [6, 6.07) is 28.2. The van der Waals surface area contributed by atoms with Crippen LogP contribution < -0.4 is 4.74 Å². The molecule has 1 atom stereocenters. The van der Waals surface area contributed by atoms with Crippen LogP contribution in [0.3, 0.4) is 0 Å². The summed E-state index contributed by atoms with van der Waals surface area (Å²) in [7, 11) is 0. The van der Waals surface area contributed by atoms with Gasteiger partial charge in [-0.3, -0.25) is 9.89 Å². The predicted molar refractivity (Wildman–Crippen MR) is 129 cm³/mol. The Hall–Kier alpha value is -3.86. The van der Waals surface area contributed by atoms with Gasteiger partial charge in [-0.15, -0.1) is 0 Å². The Labute approximate surface area is 194 Å². The number of hydrogen-bond donors (Lipinski definition) is 1. The summed E-state index contributed by atoms with van der Waals surface area (Å²) in [5, 5.41) is 7.59. The number of benzene rings is 3. The van der Waals surface area contributed by atoms with Crippen molar-refractivity contribution in [2.75, 3.05) is 13.2 Å². The van der Waals surface area contributed by atoms with Gasteiger partial charge in [-0.2, -0.15) is 5.10 Å². The minimum Gasteiger partial charge on any atom is -0.494 e. The fraction of sp³-hybridized carbons (Fsp3) is 0.214. The van der Waals surface area contributed by atoms with E-state index in [0.29, 0.717) is 18.8 Å². The van der Waals surface area contributed by atoms with Crippen LogP contribution in [-0.2, 0) is 6.42 Å². The van der Waals surface area contributed by atoms with Gasteiger partial charge in [0.15, 0.2) is 0 Å². The lowest BCUT2D eigenvalue weighted by atomic mass is 9.95. The lowest BCUT2D eigenvalue weighted by Crippen LogP contribution is -2.31. The number of nitrogens with zero attached hydrogens (tertiary/aromatic N) is 2. The number of carbonyl (C=O) groups excluding carboxylic acids is 1. The molecule has 2 heterocycles. The molecule has 33 heavy (non-hydrogen) atoms. The topological polar surface area (TPSA) is 58.2 Å². The van der Waals surface area contributed by atoms with Crippen molar-refractivity contribution >= 4 is 5.91 Å². The summed E-state index contributed by atoms with van der Waals surface area (Å²) in [4.78, 5) is 15.5. The van der Waals surface area contributed by atoms with Crippen LogP contribution in [0, 0.1) is 0 Å². The first kappa shape index (κ1) is 21.0. The van der Waals surface area contributed by atoms with Gasteiger partial charge in [-0.1, -0.05) is 79.7 Å². The second-order valence-corrected chi connectivity index (χ2v) is 8.28. The zero-order chi connectivity index (χ0) is 22.6. The van der Waals surface area contributed by atoms with E-state index in [0.717, 1.165) is 41.0 Å². The maximum Gasteiger partial charge on any atom is 0.273 e. The Morgan fingerprint density at radius 2 is 1.73 bits per heavy atom. The molecule has 3 aromatic carbocycles. The Morgan fingerprint density at radius 1 is 0.970 bits per heavy atom. The molecule has 1 aromatic heterocycles. The van der Waals surface area contributed by atoms with E-state index < -0.39 is 0 Å². The molecule has 1 unspecified atom stereocenters. The van der Waals surface area contributed by atoms with Crippen molar-refractivity contribution in [2.45, 2.75) is 25.8 Å². The standard InChI is InChI=1S/C28H27N3O2/c1-2-18-33-23-15-9-14-22(19-23)27-24-25(21-12-7-4-8-13-21)29-30-26(24)28(32)31(27)17-16-20-10-5-3-6-11-20/h3-15,19,27H,2,16-18H2,1H3,(H,29,30). The first-order chi connectivity index (χ1) is 16.3. The highest BCUT2D eigenvalue weighted by Gasteiger charge is 2.42. The molecule has 5 nitrogen and oxygen atoms in total. The zero-order valence-electron chi connectivity index (χ0n) is 18.7. The molecule has 0 fully saturated rings. The lowest BCUT2D eigenvalue weighted by Gasteiger charge is -2.27. The monoisotopic (exact) mass is 437 g/mol. The molecule has 0 saturated heterocycles. The molecule has 5 rings (SSSR count). The number of aromatic amines is 1. The fourth-order valence-corrected chi connectivity index (χ4v) is 4.48. The summed E-state index contributed by atoms with van der Waals surface area (Å²) >= 11 is 0. The molecule has 0 bridgehead atoms. The first-order valence-corrected chi connectivity index (χ1v) is 11.5. The lowest BCUT2D eigenvalue weighted by molar-refractivity contribution is 0.0745. The van der Waals surface area contributed by atoms with Crippen molar-refractivity contribution in [3.05, 3.63) is 107 Å². The van der Waals surface area contributed by atoms with Crippen molar-refractivity contribution in [2.24, 2.45) is 0 Å². The van der Waals surface area contributed by atoms with Crippen molar-refractivity contribution < 1.29 is 9.53 Å². The number of carbonyl (C=O) groups is 1. The molecule has 0 saturated carbocycles. The fourth-order valence-electron chi connectivity index (χ4n) is 4.48. The van der Waals surface area contributed by atoms with Gasteiger partial charge in [0.2, 0.25) is 0 Å². The molecule has 5 heteroatoms. The third-order valence-corrected chi connectivity index (χ3v) is 6.04. The van der Waals surface area contributed by atoms with Crippen LogP contribution in [0.4, 0.5) is 0 Å². The summed E-state index contributed by atoms with van der Waals surface area (Å²) in [5.74, 6) is 0.809. The molecule has 0 aliphatic carbocycles. The minimum atomic E-state index is -0.227. The third-order valence-electron chi connectivity index (χ3n) is 6.04. The highest BCUT2D eigenvalue weighted by atomic mass is 16.5. The third kappa shape index (κ3) is 4.14. The van der Waals surface area contributed by atoms with Crippen LogP contribution >= 0.6 is 0 Å². The first-order valence-electron chi connectivity index (χ1n) is 11.5. The number of hydrogen-bond acceptors (Lipinski definition) is 3. The molecular formula is C28H27N3O2. The Kier molecular flexibility index (Phi) is 5.94. The second-order valence-electron chi connectivity index (χ2n) is 8.28. The van der Waals surface area contributed by atoms with Gasteiger partial charge >= 0.3 is 0 Å². The summed E-state index contributed by atoms with van der Waals surface area (Å²) in [6.07, 6.45) is 1.73. The van der Waals surface area contributed by atoms with Gasteiger partial charge in [-0.05, 0) is 36.1 Å². The van der Waals surface area contributed by atoms with E-state index in [1.54, 1.807) is 0 Å². The highest BCUT2D eigenvalue weighted by molar-refractivity contribution is 6.00. The van der Waals surface area contributed by atoms with E-state index in [9.17, 15) is 4.79 Å². The average molecular weight is 438 g/mol. The SMILES string of the molecule is CCCOc1cccc(C2c3c(-c4ccccc4)n[nH]c3C(=O)N2CCc2ccccc2)c1. The molecule has 166 valence electrons. The quantitative estimate of drug-likeness (QED) is 0.387. The van der Waals surface area contributed by atoms with Gasteiger partial charge in [-0.25, -0.2) is 0 Å². The van der Waals surface area contributed by atoms with Crippen LogP contribution in [0.15, 0.2) is 84.9 Å². The number of ether oxygens (including phenoxy) is 1.